The van der Waals surface area contributed by atoms with Gasteiger partial charge in [-0.15, -0.1) is 0 Å². The molecule has 0 unspecified atom stereocenters. The SMILES string of the molecule is CC(C)n1c(=O)[nH]c(=O)oc1=O. The Balaban J connectivity index is 3.61. The summed E-state index contributed by atoms with van der Waals surface area (Å²) in [5.41, 5.74) is -0.744. The normalized spacial score (nSPS) is 10.6. The van der Waals surface area contributed by atoms with Gasteiger partial charge in [0.25, 0.3) is 0 Å². The molecule has 6 heteroatoms. The van der Waals surface area contributed by atoms with Gasteiger partial charge in [0, 0.05) is 6.04 Å². The minimum atomic E-state index is -1.03. The van der Waals surface area contributed by atoms with Crippen LogP contribution in [0.15, 0.2) is 18.8 Å². The lowest BCUT2D eigenvalue weighted by molar-refractivity contribution is 0.348. The zero-order valence-electron chi connectivity index (χ0n) is 6.66. The lowest BCUT2D eigenvalue weighted by atomic mass is 10.4. The molecule has 0 atom stereocenters. The summed E-state index contributed by atoms with van der Waals surface area (Å²) < 4.78 is 4.97. The van der Waals surface area contributed by atoms with Crippen molar-refractivity contribution in [2.45, 2.75) is 19.9 Å². The molecule has 0 radical (unpaired) electrons. The quantitative estimate of drug-likeness (QED) is 0.593. The van der Waals surface area contributed by atoms with E-state index in [-0.39, 0.29) is 6.04 Å². The van der Waals surface area contributed by atoms with Crippen molar-refractivity contribution in [3.63, 3.8) is 0 Å². The number of H-pyrrole nitrogens is 1. The van der Waals surface area contributed by atoms with E-state index in [1.807, 2.05) is 4.98 Å². The van der Waals surface area contributed by atoms with Crippen LogP contribution in [0, 0.1) is 0 Å². The minimum absolute atomic E-state index is 0.328. The first-order valence-corrected chi connectivity index (χ1v) is 3.38. The van der Waals surface area contributed by atoms with E-state index in [0.29, 0.717) is 0 Å². The van der Waals surface area contributed by atoms with Gasteiger partial charge < -0.3 is 4.42 Å². The molecular weight excluding hydrogens is 164 g/mol. The summed E-state index contributed by atoms with van der Waals surface area (Å²) in [6, 6.07) is -0.328. The third kappa shape index (κ3) is 1.36. The van der Waals surface area contributed by atoms with E-state index in [2.05, 4.69) is 4.42 Å². The number of hydrogen-bond acceptors (Lipinski definition) is 4. The molecule has 0 fully saturated rings. The molecule has 1 N–H and O–H groups in total. The van der Waals surface area contributed by atoms with Crippen molar-refractivity contribution in [2.24, 2.45) is 0 Å². The molecule has 1 aromatic heterocycles. The molecule has 1 heterocycles. The van der Waals surface area contributed by atoms with Gasteiger partial charge in [0.05, 0.1) is 0 Å². The van der Waals surface area contributed by atoms with Gasteiger partial charge in [-0.3, -0.25) is 0 Å². The Bertz CT molecular complexity index is 402. The third-order valence-corrected chi connectivity index (χ3v) is 1.32. The molecule has 0 aliphatic heterocycles. The lowest BCUT2D eigenvalue weighted by Crippen LogP contribution is -2.40. The van der Waals surface area contributed by atoms with Crippen molar-refractivity contribution < 1.29 is 4.42 Å². The first-order chi connectivity index (χ1) is 5.52. The van der Waals surface area contributed by atoms with Crippen molar-refractivity contribution in [2.75, 3.05) is 0 Å². The molecule has 0 aliphatic carbocycles. The summed E-state index contributed by atoms with van der Waals surface area (Å²) in [6.07, 6.45) is 0. The predicted molar refractivity (Wildman–Crippen MR) is 40.2 cm³/mol. The Morgan fingerprint density at radius 2 is 1.92 bits per heavy atom. The monoisotopic (exact) mass is 172 g/mol. The minimum Gasteiger partial charge on any atom is -0.359 e. The van der Waals surface area contributed by atoms with Crippen LogP contribution in [0.2, 0.25) is 0 Å². The van der Waals surface area contributed by atoms with E-state index in [1.54, 1.807) is 13.8 Å². The number of rotatable bonds is 1. The molecule has 0 bridgehead atoms. The highest BCUT2D eigenvalue weighted by Crippen LogP contribution is 1.91. The smallest absolute Gasteiger partial charge is 0.359 e. The van der Waals surface area contributed by atoms with Crippen molar-refractivity contribution in [1.29, 1.82) is 0 Å². The summed E-state index contributed by atoms with van der Waals surface area (Å²) >= 11 is 0. The van der Waals surface area contributed by atoms with Crippen molar-refractivity contribution in [3.8, 4) is 0 Å². The standard InChI is InChI=1S/C6H8N2O4/c1-3(2)8-4(9)7-5(10)12-6(8)11/h3H,1-2H3,(H,7,9,10). The van der Waals surface area contributed by atoms with Gasteiger partial charge in [-0.2, -0.15) is 0 Å². The Labute approximate surface area is 66.5 Å². The third-order valence-electron chi connectivity index (χ3n) is 1.32. The highest BCUT2D eigenvalue weighted by molar-refractivity contribution is 4.67. The summed E-state index contributed by atoms with van der Waals surface area (Å²) in [5, 5.41) is 0. The Kier molecular flexibility index (Phi) is 1.99. The van der Waals surface area contributed by atoms with Gasteiger partial charge in [-0.1, -0.05) is 0 Å². The van der Waals surface area contributed by atoms with Crippen molar-refractivity contribution >= 4 is 0 Å². The molecular formula is C6H8N2O4. The zero-order valence-corrected chi connectivity index (χ0v) is 6.66. The van der Waals surface area contributed by atoms with Crippen LogP contribution in [0.4, 0.5) is 0 Å². The second-order valence-electron chi connectivity index (χ2n) is 2.55. The molecule has 0 saturated carbocycles. The van der Waals surface area contributed by atoms with Crippen LogP contribution in [-0.2, 0) is 0 Å². The number of nitrogens with zero attached hydrogens (tertiary/aromatic N) is 1. The van der Waals surface area contributed by atoms with E-state index in [4.69, 9.17) is 0 Å². The fourth-order valence-corrected chi connectivity index (χ4v) is 0.830. The van der Waals surface area contributed by atoms with Gasteiger partial charge >= 0.3 is 17.2 Å². The van der Waals surface area contributed by atoms with Gasteiger partial charge in [-0.05, 0) is 13.8 Å². The number of aromatic amines is 1. The Hall–Kier alpha value is -1.59. The van der Waals surface area contributed by atoms with E-state index < -0.39 is 17.2 Å². The Morgan fingerprint density at radius 1 is 1.33 bits per heavy atom. The van der Waals surface area contributed by atoms with Gasteiger partial charge in [0.2, 0.25) is 0 Å². The molecule has 1 rings (SSSR count). The number of aromatic nitrogens is 2. The van der Waals surface area contributed by atoms with Crippen LogP contribution in [0.3, 0.4) is 0 Å². The van der Waals surface area contributed by atoms with E-state index in [0.717, 1.165) is 4.57 Å². The molecule has 12 heavy (non-hydrogen) atoms. The number of nitrogens with one attached hydrogen (secondary N) is 1. The van der Waals surface area contributed by atoms with Crippen LogP contribution in [0.1, 0.15) is 19.9 Å². The first kappa shape index (κ1) is 8.51. The lowest BCUT2D eigenvalue weighted by Gasteiger charge is -2.03. The molecule has 0 aromatic carbocycles. The second-order valence-corrected chi connectivity index (χ2v) is 2.55. The maximum Gasteiger partial charge on any atom is 0.427 e. The van der Waals surface area contributed by atoms with Gasteiger partial charge in [-0.25, -0.2) is 23.9 Å². The summed E-state index contributed by atoms with van der Waals surface area (Å²) in [4.78, 5) is 34.1. The predicted octanol–water partition coefficient (Wildman–Crippen LogP) is -0.929. The first-order valence-electron chi connectivity index (χ1n) is 3.38. The molecule has 66 valence electrons. The van der Waals surface area contributed by atoms with Crippen LogP contribution in [-0.4, -0.2) is 9.55 Å². The summed E-state index contributed by atoms with van der Waals surface area (Å²) in [6.45, 7) is 3.27. The van der Waals surface area contributed by atoms with Crippen LogP contribution in [0.25, 0.3) is 0 Å². The van der Waals surface area contributed by atoms with E-state index in [1.165, 1.54) is 0 Å². The maximum atomic E-state index is 10.9. The number of hydrogen-bond donors (Lipinski definition) is 1. The van der Waals surface area contributed by atoms with Gasteiger partial charge in [0.1, 0.15) is 0 Å². The molecule has 0 saturated heterocycles. The highest BCUT2D eigenvalue weighted by Gasteiger charge is 2.07. The van der Waals surface area contributed by atoms with Crippen molar-refractivity contribution in [1.82, 2.24) is 9.55 Å². The van der Waals surface area contributed by atoms with Crippen LogP contribution >= 0.6 is 0 Å². The summed E-state index contributed by atoms with van der Waals surface area (Å²) in [5.74, 6) is -1.96. The van der Waals surface area contributed by atoms with Crippen LogP contribution in [0.5, 0.6) is 0 Å². The zero-order chi connectivity index (χ0) is 9.30. The fraction of sp³-hybridized carbons (Fsp3) is 0.500. The average Bonchev–Trinajstić information content (AvgIpc) is 1.82. The molecule has 0 spiro atoms. The maximum absolute atomic E-state index is 10.9. The topological polar surface area (TPSA) is 85.1 Å². The fourth-order valence-electron chi connectivity index (χ4n) is 0.830. The van der Waals surface area contributed by atoms with Gasteiger partial charge in [0.15, 0.2) is 0 Å². The molecule has 0 amide bonds. The largest absolute Gasteiger partial charge is 0.427 e. The van der Waals surface area contributed by atoms with Crippen molar-refractivity contribution in [3.05, 3.63) is 31.6 Å². The van der Waals surface area contributed by atoms with E-state index >= 15 is 0 Å². The Morgan fingerprint density at radius 3 is 2.33 bits per heavy atom. The van der Waals surface area contributed by atoms with Crippen LogP contribution < -0.4 is 17.2 Å². The molecule has 0 aliphatic rings. The summed E-state index contributed by atoms with van der Waals surface area (Å²) in [7, 11) is 0. The van der Waals surface area contributed by atoms with E-state index in [9.17, 15) is 14.4 Å². The molecule has 1 aromatic rings. The highest BCUT2D eigenvalue weighted by atomic mass is 16.5. The molecule has 6 nitrogen and oxygen atoms in total. The second kappa shape index (κ2) is 2.80. The average molecular weight is 172 g/mol.